The van der Waals surface area contributed by atoms with Gasteiger partial charge >= 0.3 is 5.69 Å². The summed E-state index contributed by atoms with van der Waals surface area (Å²) in [5, 5.41) is 14.0. The molecule has 96 valence electrons. The van der Waals surface area contributed by atoms with Crippen LogP contribution in [0, 0.1) is 10.1 Å². The highest BCUT2D eigenvalue weighted by molar-refractivity contribution is 5.58. The van der Waals surface area contributed by atoms with Crippen LogP contribution in [0.15, 0.2) is 6.20 Å². The first-order valence-electron chi connectivity index (χ1n) is 6.27. The molecule has 1 aromatic rings. The summed E-state index contributed by atoms with van der Waals surface area (Å²) in [6.45, 7) is 1.86. The fourth-order valence-electron chi connectivity index (χ4n) is 2.10. The van der Waals surface area contributed by atoms with E-state index in [2.05, 4.69) is 20.2 Å². The standard InChI is InChI=1S/C11H15N5O2/c17-16(18)9-7-12-11(15-5-1-2-6-15)14-10(9)13-8-3-4-8/h7-8H,1-6H2,(H,12,13,14). The largest absolute Gasteiger partial charge is 0.361 e. The Labute approximate surface area is 104 Å². The summed E-state index contributed by atoms with van der Waals surface area (Å²) in [7, 11) is 0. The molecule has 1 saturated heterocycles. The van der Waals surface area contributed by atoms with Gasteiger partial charge in [-0.3, -0.25) is 10.1 Å². The van der Waals surface area contributed by atoms with Gasteiger partial charge in [0.25, 0.3) is 0 Å². The summed E-state index contributed by atoms with van der Waals surface area (Å²) < 4.78 is 0. The van der Waals surface area contributed by atoms with Crippen LogP contribution in [0.2, 0.25) is 0 Å². The molecule has 0 atom stereocenters. The molecular weight excluding hydrogens is 234 g/mol. The van der Waals surface area contributed by atoms with Crippen LogP contribution < -0.4 is 10.2 Å². The maximum Gasteiger partial charge on any atom is 0.329 e. The Hall–Kier alpha value is -1.92. The maximum atomic E-state index is 10.9. The third kappa shape index (κ3) is 2.20. The van der Waals surface area contributed by atoms with Crippen molar-refractivity contribution in [3.8, 4) is 0 Å². The molecule has 2 aliphatic rings. The monoisotopic (exact) mass is 249 g/mol. The Morgan fingerprint density at radius 3 is 2.72 bits per heavy atom. The second-order valence-corrected chi connectivity index (χ2v) is 4.77. The van der Waals surface area contributed by atoms with Crippen molar-refractivity contribution in [1.82, 2.24) is 9.97 Å². The van der Waals surface area contributed by atoms with Crippen molar-refractivity contribution in [2.45, 2.75) is 31.7 Å². The molecule has 1 aliphatic heterocycles. The van der Waals surface area contributed by atoms with Gasteiger partial charge in [-0.15, -0.1) is 0 Å². The third-order valence-corrected chi connectivity index (χ3v) is 3.26. The van der Waals surface area contributed by atoms with Crippen LogP contribution in [-0.4, -0.2) is 34.0 Å². The van der Waals surface area contributed by atoms with E-state index in [1.165, 1.54) is 6.20 Å². The van der Waals surface area contributed by atoms with Gasteiger partial charge in [0.05, 0.1) is 4.92 Å². The SMILES string of the molecule is O=[N+]([O-])c1cnc(N2CCCC2)nc1NC1CC1. The summed E-state index contributed by atoms with van der Waals surface area (Å²) in [6, 6.07) is 0.338. The van der Waals surface area contributed by atoms with Crippen molar-refractivity contribution in [2.24, 2.45) is 0 Å². The Bertz CT molecular complexity index is 469. The number of nitrogens with one attached hydrogen (secondary N) is 1. The average molecular weight is 249 g/mol. The second-order valence-electron chi connectivity index (χ2n) is 4.77. The number of hydrogen-bond acceptors (Lipinski definition) is 6. The summed E-state index contributed by atoms with van der Waals surface area (Å²) in [4.78, 5) is 21.0. The third-order valence-electron chi connectivity index (χ3n) is 3.26. The van der Waals surface area contributed by atoms with Crippen molar-refractivity contribution < 1.29 is 4.92 Å². The van der Waals surface area contributed by atoms with E-state index < -0.39 is 4.92 Å². The Balaban J connectivity index is 1.89. The van der Waals surface area contributed by atoms with Gasteiger partial charge in [-0.25, -0.2) is 4.98 Å². The minimum atomic E-state index is -0.432. The molecule has 2 heterocycles. The molecule has 1 aliphatic carbocycles. The van der Waals surface area contributed by atoms with Crippen LogP contribution in [0.3, 0.4) is 0 Å². The molecule has 0 amide bonds. The minimum Gasteiger partial charge on any atom is -0.361 e. The van der Waals surface area contributed by atoms with E-state index in [1.807, 2.05) is 0 Å². The van der Waals surface area contributed by atoms with Crippen molar-refractivity contribution >= 4 is 17.5 Å². The summed E-state index contributed by atoms with van der Waals surface area (Å²) in [6.07, 6.45) is 5.68. The quantitative estimate of drug-likeness (QED) is 0.644. The highest BCUT2D eigenvalue weighted by Gasteiger charge is 2.27. The van der Waals surface area contributed by atoms with E-state index in [0.717, 1.165) is 38.8 Å². The number of anilines is 2. The average Bonchev–Trinajstić information content (AvgIpc) is 3.00. The Morgan fingerprint density at radius 2 is 2.11 bits per heavy atom. The van der Waals surface area contributed by atoms with Gasteiger partial charge < -0.3 is 10.2 Å². The lowest BCUT2D eigenvalue weighted by Crippen LogP contribution is -2.21. The predicted molar refractivity (Wildman–Crippen MR) is 66.8 cm³/mol. The van der Waals surface area contributed by atoms with E-state index in [1.54, 1.807) is 0 Å². The van der Waals surface area contributed by atoms with Gasteiger partial charge in [-0.05, 0) is 25.7 Å². The molecule has 0 unspecified atom stereocenters. The van der Waals surface area contributed by atoms with Gasteiger partial charge in [0.1, 0.15) is 6.20 Å². The molecule has 7 heteroatoms. The predicted octanol–water partition coefficient (Wildman–Crippen LogP) is 1.56. The highest BCUT2D eigenvalue weighted by atomic mass is 16.6. The number of nitrogens with zero attached hydrogens (tertiary/aromatic N) is 4. The van der Waals surface area contributed by atoms with Gasteiger partial charge in [0.15, 0.2) is 0 Å². The Kier molecular flexibility index (Phi) is 2.73. The summed E-state index contributed by atoms with van der Waals surface area (Å²) in [5.41, 5.74) is -0.0372. The first-order chi connectivity index (χ1) is 8.74. The van der Waals surface area contributed by atoms with E-state index in [0.29, 0.717) is 17.8 Å². The normalized spacial score (nSPS) is 19.0. The van der Waals surface area contributed by atoms with E-state index >= 15 is 0 Å². The highest BCUT2D eigenvalue weighted by Crippen LogP contribution is 2.30. The van der Waals surface area contributed by atoms with Crippen LogP contribution in [0.25, 0.3) is 0 Å². The summed E-state index contributed by atoms with van der Waals surface area (Å²) in [5.74, 6) is 0.959. The molecule has 3 rings (SSSR count). The van der Waals surface area contributed by atoms with Crippen molar-refractivity contribution in [1.29, 1.82) is 0 Å². The van der Waals surface area contributed by atoms with Crippen LogP contribution >= 0.6 is 0 Å². The van der Waals surface area contributed by atoms with Gasteiger partial charge in [-0.2, -0.15) is 4.98 Å². The van der Waals surface area contributed by atoms with E-state index in [9.17, 15) is 10.1 Å². The molecule has 1 N–H and O–H groups in total. The number of aromatic nitrogens is 2. The number of hydrogen-bond donors (Lipinski definition) is 1. The minimum absolute atomic E-state index is 0.0372. The fraction of sp³-hybridized carbons (Fsp3) is 0.636. The van der Waals surface area contributed by atoms with Gasteiger partial charge in [0.2, 0.25) is 11.8 Å². The smallest absolute Gasteiger partial charge is 0.329 e. The Morgan fingerprint density at radius 1 is 1.39 bits per heavy atom. The molecule has 0 aromatic carbocycles. The molecular formula is C11H15N5O2. The van der Waals surface area contributed by atoms with Gasteiger partial charge in [-0.1, -0.05) is 0 Å². The molecule has 0 bridgehead atoms. The van der Waals surface area contributed by atoms with E-state index in [-0.39, 0.29) is 5.69 Å². The second kappa shape index (κ2) is 4.40. The van der Waals surface area contributed by atoms with Crippen molar-refractivity contribution in [3.05, 3.63) is 16.3 Å². The summed E-state index contributed by atoms with van der Waals surface area (Å²) >= 11 is 0. The van der Waals surface area contributed by atoms with Crippen LogP contribution in [0.1, 0.15) is 25.7 Å². The van der Waals surface area contributed by atoms with Crippen LogP contribution in [-0.2, 0) is 0 Å². The molecule has 1 saturated carbocycles. The van der Waals surface area contributed by atoms with Crippen molar-refractivity contribution in [3.63, 3.8) is 0 Å². The molecule has 0 radical (unpaired) electrons. The first-order valence-corrected chi connectivity index (χ1v) is 6.27. The van der Waals surface area contributed by atoms with Crippen molar-refractivity contribution in [2.75, 3.05) is 23.3 Å². The van der Waals surface area contributed by atoms with Crippen LogP contribution in [0.4, 0.5) is 17.5 Å². The zero-order valence-corrected chi connectivity index (χ0v) is 10.0. The number of nitro groups is 1. The molecule has 1 aromatic heterocycles. The van der Waals surface area contributed by atoms with Crippen LogP contribution in [0.5, 0.6) is 0 Å². The lowest BCUT2D eigenvalue weighted by atomic mass is 10.4. The number of rotatable bonds is 4. The fourth-order valence-corrected chi connectivity index (χ4v) is 2.10. The lowest BCUT2D eigenvalue weighted by Gasteiger charge is -2.15. The first kappa shape index (κ1) is 11.2. The molecule has 7 nitrogen and oxygen atoms in total. The zero-order valence-electron chi connectivity index (χ0n) is 10.0. The maximum absolute atomic E-state index is 10.9. The topological polar surface area (TPSA) is 84.2 Å². The molecule has 2 fully saturated rings. The molecule has 0 spiro atoms. The van der Waals surface area contributed by atoms with E-state index in [4.69, 9.17) is 0 Å². The van der Waals surface area contributed by atoms with Gasteiger partial charge in [0, 0.05) is 19.1 Å². The molecule has 18 heavy (non-hydrogen) atoms. The zero-order chi connectivity index (χ0) is 12.5. The lowest BCUT2D eigenvalue weighted by molar-refractivity contribution is -0.384.